The Labute approximate surface area is 89.6 Å². The van der Waals surface area contributed by atoms with E-state index in [1.165, 1.54) is 16.3 Å². The van der Waals surface area contributed by atoms with Gasteiger partial charge in [0.1, 0.15) is 0 Å². The first kappa shape index (κ1) is 9.99. The van der Waals surface area contributed by atoms with Crippen molar-refractivity contribution in [1.82, 2.24) is 0 Å². The molecule has 0 aliphatic carbocycles. The van der Waals surface area contributed by atoms with Crippen LogP contribution in [0.1, 0.15) is 5.56 Å². The number of aryl methyl sites for hydroxylation is 1. The molecule has 0 aliphatic heterocycles. The number of benzene rings is 2. The molecular formula is C13H15NO. The van der Waals surface area contributed by atoms with Crippen LogP contribution >= 0.6 is 0 Å². The van der Waals surface area contributed by atoms with E-state index in [0.29, 0.717) is 6.54 Å². The molecule has 0 spiro atoms. The standard InChI is InChI=1S/C13H15NO/c1-10-6-7-11-4-2-3-5-12(11)13(10)14-8-9-15/h2-7,14-15H,8-9H2,1H3. The predicted molar refractivity (Wildman–Crippen MR) is 64.3 cm³/mol. The molecule has 0 unspecified atom stereocenters. The first-order valence-electron chi connectivity index (χ1n) is 5.16. The lowest BCUT2D eigenvalue weighted by Gasteiger charge is -2.11. The zero-order chi connectivity index (χ0) is 10.7. The summed E-state index contributed by atoms with van der Waals surface area (Å²) >= 11 is 0. The van der Waals surface area contributed by atoms with Crippen LogP contribution in [0.5, 0.6) is 0 Å². The van der Waals surface area contributed by atoms with Gasteiger partial charge in [-0.2, -0.15) is 0 Å². The zero-order valence-electron chi connectivity index (χ0n) is 8.83. The third kappa shape index (κ3) is 1.95. The summed E-state index contributed by atoms with van der Waals surface area (Å²) in [4.78, 5) is 0. The highest BCUT2D eigenvalue weighted by molar-refractivity contribution is 5.95. The minimum absolute atomic E-state index is 0.155. The minimum Gasteiger partial charge on any atom is -0.395 e. The van der Waals surface area contributed by atoms with Crippen molar-refractivity contribution in [3.8, 4) is 0 Å². The Morgan fingerprint density at radius 1 is 1.13 bits per heavy atom. The van der Waals surface area contributed by atoms with Gasteiger partial charge in [-0.05, 0) is 17.9 Å². The van der Waals surface area contributed by atoms with E-state index in [1.807, 2.05) is 12.1 Å². The molecule has 0 amide bonds. The van der Waals surface area contributed by atoms with Crippen molar-refractivity contribution in [2.45, 2.75) is 6.92 Å². The van der Waals surface area contributed by atoms with Gasteiger partial charge in [-0.25, -0.2) is 0 Å². The van der Waals surface area contributed by atoms with Crippen molar-refractivity contribution in [2.24, 2.45) is 0 Å². The van der Waals surface area contributed by atoms with Crippen molar-refractivity contribution < 1.29 is 5.11 Å². The van der Waals surface area contributed by atoms with E-state index in [1.54, 1.807) is 0 Å². The van der Waals surface area contributed by atoms with Crippen LogP contribution < -0.4 is 5.32 Å². The fourth-order valence-corrected chi connectivity index (χ4v) is 1.80. The molecule has 0 radical (unpaired) electrons. The van der Waals surface area contributed by atoms with Crippen LogP contribution in [0.25, 0.3) is 10.8 Å². The van der Waals surface area contributed by atoms with E-state index in [0.717, 1.165) is 5.69 Å². The number of anilines is 1. The average molecular weight is 201 g/mol. The number of rotatable bonds is 3. The fraction of sp³-hybridized carbons (Fsp3) is 0.231. The van der Waals surface area contributed by atoms with Gasteiger partial charge in [0.2, 0.25) is 0 Å². The summed E-state index contributed by atoms with van der Waals surface area (Å²) in [5.74, 6) is 0. The molecule has 2 N–H and O–H groups in total. The number of hydrogen-bond donors (Lipinski definition) is 2. The molecular weight excluding hydrogens is 186 g/mol. The monoisotopic (exact) mass is 201 g/mol. The zero-order valence-corrected chi connectivity index (χ0v) is 8.83. The largest absolute Gasteiger partial charge is 0.395 e. The van der Waals surface area contributed by atoms with Crippen LogP contribution in [-0.2, 0) is 0 Å². The number of hydrogen-bond acceptors (Lipinski definition) is 2. The predicted octanol–water partition coefficient (Wildman–Crippen LogP) is 2.55. The highest BCUT2D eigenvalue weighted by Gasteiger charge is 2.02. The van der Waals surface area contributed by atoms with Gasteiger partial charge in [0.05, 0.1) is 6.61 Å². The summed E-state index contributed by atoms with van der Waals surface area (Å²) in [6.45, 7) is 2.82. The van der Waals surface area contributed by atoms with E-state index < -0.39 is 0 Å². The molecule has 2 nitrogen and oxygen atoms in total. The second kappa shape index (κ2) is 4.32. The summed E-state index contributed by atoms with van der Waals surface area (Å²) < 4.78 is 0. The van der Waals surface area contributed by atoms with E-state index in [9.17, 15) is 0 Å². The third-order valence-corrected chi connectivity index (χ3v) is 2.55. The SMILES string of the molecule is Cc1ccc2ccccc2c1NCCO. The van der Waals surface area contributed by atoms with Crippen molar-refractivity contribution in [3.63, 3.8) is 0 Å². The first-order chi connectivity index (χ1) is 7.33. The third-order valence-electron chi connectivity index (χ3n) is 2.55. The van der Waals surface area contributed by atoms with Gasteiger partial charge in [0, 0.05) is 17.6 Å². The smallest absolute Gasteiger partial charge is 0.0604 e. The molecule has 0 saturated heterocycles. The van der Waals surface area contributed by atoms with Gasteiger partial charge >= 0.3 is 0 Å². The summed E-state index contributed by atoms with van der Waals surface area (Å²) in [6, 6.07) is 12.5. The number of fused-ring (bicyclic) bond motifs is 1. The highest BCUT2D eigenvalue weighted by Crippen LogP contribution is 2.26. The van der Waals surface area contributed by atoms with Gasteiger partial charge in [0.25, 0.3) is 0 Å². The number of aliphatic hydroxyl groups is 1. The lowest BCUT2D eigenvalue weighted by Crippen LogP contribution is -2.07. The van der Waals surface area contributed by atoms with E-state index in [4.69, 9.17) is 5.11 Å². The molecule has 0 fully saturated rings. The van der Waals surface area contributed by atoms with Crippen LogP contribution in [0.4, 0.5) is 5.69 Å². The van der Waals surface area contributed by atoms with Gasteiger partial charge < -0.3 is 10.4 Å². The number of aliphatic hydroxyl groups excluding tert-OH is 1. The van der Waals surface area contributed by atoms with E-state index in [2.05, 4.69) is 36.5 Å². The molecule has 2 aromatic carbocycles. The molecule has 0 atom stereocenters. The molecule has 0 aliphatic rings. The van der Waals surface area contributed by atoms with Gasteiger partial charge in [-0.1, -0.05) is 36.4 Å². The Balaban J connectivity index is 2.53. The second-order valence-electron chi connectivity index (χ2n) is 3.63. The topological polar surface area (TPSA) is 32.3 Å². The molecule has 0 heterocycles. The fourth-order valence-electron chi connectivity index (χ4n) is 1.80. The maximum Gasteiger partial charge on any atom is 0.0604 e. The van der Waals surface area contributed by atoms with E-state index in [-0.39, 0.29) is 6.61 Å². The molecule has 0 bridgehead atoms. The molecule has 2 heteroatoms. The van der Waals surface area contributed by atoms with Crippen molar-refractivity contribution in [3.05, 3.63) is 42.0 Å². The lowest BCUT2D eigenvalue weighted by molar-refractivity contribution is 0.311. The summed E-state index contributed by atoms with van der Waals surface area (Å²) in [5.41, 5.74) is 2.34. The Kier molecular flexibility index (Phi) is 2.88. The number of nitrogens with one attached hydrogen (secondary N) is 1. The quantitative estimate of drug-likeness (QED) is 0.799. The average Bonchev–Trinajstić information content (AvgIpc) is 2.28. The van der Waals surface area contributed by atoms with Crippen LogP contribution in [0.2, 0.25) is 0 Å². The van der Waals surface area contributed by atoms with Crippen LogP contribution in [0, 0.1) is 6.92 Å². The lowest BCUT2D eigenvalue weighted by atomic mass is 10.0. The molecule has 2 rings (SSSR count). The maximum absolute atomic E-state index is 8.83. The highest BCUT2D eigenvalue weighted by atomic mass is 16.3. The molecule has 2 aromatic rings. The normalized spacial score (nSPS) is 10.5. The molecule has 15 heavy (non-hydrogen) atoms. The van der Waals surface area contributed by atoms with E-state index >= 15 is 0 Å². The summed E-state index contributed by atoms with van der Waals surface area (Å²) in [5, 5.41) is 14.5. The second-order valence-corrected chi connectivity index (χ2v) is 3.63. The first-order valence-corrected chi connectivity index (χ1v) is 5.16. The van der Waals surface area contributed by atoms with Gasteiger partial charge in [-0.15, -0.1) is 0 Å². The van der Waals surface area contributed by atoms with Crippen LogP contribution in [-0.4, -0.2) is 18.3 Å². The Morgan fingerprint density at radius 3 is 2.73 bits per heavy atom. The Hall–Kier alpha value is -1.54. The maximum atomic E-state index is 8.83. The summed E-state index contributed by atoms with van der Waals surface area (Å²) in [6.07, 6.45) is 0. The molecule has 0 saturated carbocycles. The van der Waals surface area contributed by atoms with Crippen LogP contribution in [0.3, 0.4) is 0 Å². The van der Waals surface area contributed by atoms with Gasteiger partial charge in [0.15, 0.2) is 0 Å². The summed E-state index contributed by atoms with van der Waals surface area (Å²) in [7, 11) is 0. The van der Waals surface area contributed by atoms with Crippen molar-refractivity contribution in [2.75, 3.05) is 18.5 Å². The Bertz CT molecular complexity index is 465. The molecule has 78 valence electrons. The van der Waals surface area contributed by atoms with Crippen molar-refractivity contribution in [1.29, 1.82) is 0 Å². The van der Waals surface area contributed by atoms with Crippen molar-refractivity contribution >= 4 is 16.5 Å². The molecule has 0 aromatic heterocycles. The van der Waals surface area contributed by atoms with Gasteiger partial charge in [-0.3, -0.25) is 0 Å². The van der Waals surface area contributed by atoms with Crippen LogP contribution in [0.15, 0.2) is 36.4 Å². The minimum atomic E-state index is 0.155. The Morgan fingerprint density at radius 2 is 1.93 bits per heavy atom.